The Balaban J connectivity index is 1.24. The molecule has 4 heteroatoms. The number of hydrogen-bond donors (Lipinski definition) is 0. The summed E-state index contributed by atoms with van der Waals surface area (Å²) in [5, 5.41) is 4.41. The molecule has 1 aliphatic rings. The topological polar surface area (TPSA) is 51.8 Å². The summed E-state index contributed by atoms with van der Waals surface area (Å²) in [5.41, 5.74) is 11.7. The molecule has 0 saturated heterocycles. The number of nitrogens with zero attached hydrogens (tertiary/aromatic N) is 3. The third-order valence-electron chi connectivity index (χ3n) is 9.30. The Morgan fingerprint density at radius 3 is 1.74 bits per heavy atom. The molecule has 0 amide bonds. The fraction of sp³-hybridized carbons (Fsp3) is 0. The Kier molecular flexibility index (Phi) is 5.54. The zero-order valence-corrected chi connectivity index (χ0v) is 25.2. The maximum Gasteiger partial charge on any atom is 0.164 e. The van der Waals surface area contributed by atoms with Crippen LogP contribution in [0.3, 0.4) is 0 Å². The molecule has 2 aromatic heterocycles. The highest BCUT2D eigenvalue weighted by molar-refractivity contribution is 6.18. The molecular weight excluding hydrogens is 574 g/mol. The first-order chi connectivity index (χ1) is 23.3. The Bertz CT molecular complexity index is 2660. The average Bonchev–Trinajstić information content (AvgIpc) is 3.69. The molecular formula is C43H25N3O. The predicted molar refractivity (Wildman–Crippen MR) is 191 cm³/mol. The third kappa shape index (κ3) is 3.98. The lowest BCUT2D eigenvalue weighted by molar-refractivity contribution is 0.669. The Morgan fingerprint density at radius 1 is 0.319 bits per heavy atom. The molecule has 0 unspecified atom stereocenters. The summed E-state index contributed by atoms with van der Waals surface area (Å²) in [4.78, 5) is 15.6. The SMILES string of the molecule is c1ccc(-c2cccc(-c3nc(-c4ccc5c6c(cccc46)-c4ccccc4-5)nc(-c4cccc5oc6ccccc6c45)n3)c2)cc1. The molecule has 10 rings (SSSR count). The van der Waals surface area contributed by atoms with Crippen LogP contribution in [0.2, 0.25) is 0 Å². The van der Waals surface area contributed by atoms with Gasteiger partial charge in [-0.15, -0.1) is 0 Å². The van der Waals surface area contributed by atoms with Gasteiger partial charge in [0.1, 0.15) is 11.2 Å². The van der Waals surface area contributed by atoms with Crippen molar-refractivity contribution in [2.24, 2.45) is 0 Å². The van der Waals surface area contributed by atoms with Gasteiger partial charge in [0.25, 0.3) is 0 Å². The molecule has 9 aromatic rings. The van der Waals surface area contributed by atoms with E-state index in [1.165, 1.54) is 27.6 Å². The number of benzene rings is 7. The Hall–Kier alpha value is -6.39. The van der Waals surface area contributed by atoms with Crippen molar-refractivity contribution < 1.29 is 4.42 Å². The maximum atomic E-state index is 6.26. The minimum atomic E-state index is 0.610. The van der Waals surface area contributed by atoms with Gasteiger partial charge in [-0.25, -0.2) is 15.0 Å². The van der Waals surface area contributed by atoms with Crippen molar-refractivity contribution >= 4 is 32.7 Å². The van der Waals surface area contributed by atoms with Gasteiger partial charge >= 0.3 is 0 Å². The van der Waals surface area contributed by atoms with E-state index in [-0.39, 0.29) is 0 Å². The molecule has 0 spiro atoms. The number of furan rings is 1. The number of fused-ring (bicyclic) bond motifs is 6. The maximum absolute atomic E-state index is 6.26. The quantitative estimate of drug-likeness (QED) is 0.202. The average molecular weight is 600 g/mol. The van der Waals surface area contributed by atoms with E-state index in [2.05, 4.69) is 115 Å². The number of hydrogen-bond acceptors (Lipinski definition) is 4. The first-order valence-corrected chi connectivity index (χ1v) is 15.8. The van der Waals surface area contributed by atoms with Crippen molar-refractivity contribution in [3.05, 3.63) is 152 Å². The normalized spacial score (nSPS) is 11.8. The summed E-state index contributed by atoms with van der Waals surface area (Å²) in [7, 11) is 0. The summed E-state index contributed by atoms with van der Waals surface area (Å²) >= 11 is 0. The van der Waals surface area contributed by atoms with Crippen LogP contribution in [0.4, 0.5) is 0 Å². The fourth-order valence-electron chi connectivity index (χ4n) is 7.18. The second kappa shape index (κ2) is 10.1. The van der Waals surface area contributed by atoms with Crippen molar-refractivity contribution in [2.45, 2.75) is 0 Å². The molecule has 0 bridgehead atoms. The summed E-state index contributed by atoms with van der Waals surface area (Å²) in [6.07, 6.45) is 0. The predicted octanol–water partition coefficient (Wildman–Crippen LogP) is 11.2. The van der Waals surface area contributed by atoms with Crippen LogP contribution in [-0.2, 0) is 0 Å². The van der Waals surface area contributed by atoms with Crippen LogP contribution >= 0.6 is 0 Å². The summed E-state index contributed by atoms with van der Waals surface area (Å²) in [6.45, 7) is 0. The van der Waals surface area contributed by atoms with E-state index in [4.69, 9.17) is 19.4 Å². The molecule has 2 heterocycles. The van der Waals surface area contributed by atoms with E-state index in [0.717, 1.165) is 55.1 Å². The van der Waals surface area contributed by atoms with Gasteiger partial charge in [0.05, 0.1) is 0 Å². The number of rotatable bonds is 4. The Labute approximate surface area is 270 Å². The van der Waals surface area contributed by atoms with Crippen molar-refractivity contribution in [3.63, 3.8) is 0 Å². The first kappa shape index (κ1) is 25.9. The molecule has 0 saturated carbocycles. The van der Waals surface area contributed by atoms with Gasteiger partial charge in [-0.1, -0.05) is 127 Å². The molecule has 0 atom stereocenters. The summed E-state index contributed by atoms with van der Waals surface area (Å²) in [5.74, 6) is 1.87. The molecule has 47 heavy (non-hydrogen) atoms. The second-order valence-electron chi connectivity index (χ2n) is 12.0. The molecule has 7 aromatic carbocycles. The highest BCUT2D eigenvalue weighted by atomic mass is 16.3. The van der Waals surface area contributed by atoms with E-state index in [9.17, 15) is 0 Å². The van der Waals surface area contributed by atoms with Crippen LogP contribution in [0.5, 0.6) is 0 Å². The minimum Gasteiger partial charge on any atom is -0.456 e. The van der Waals surface area contributed by atoms with Gasteiger partial charge in [0, 0.05) is 27.5 Å². The smallest absolute Gasteiger partial charge is 0.164 e. The van der Waals surface area contributed by atoms with Crippen LogP contribution in [-0.4, -0.2) is 15.0 Å². The van der Waals surface area contributed by atoms with E-state index in [1.807, 2.05) is 36.4 Å². The van der Waals surface area contributed by atoms with Gasteiger partial charge in [-0.05, 0) is 68.4 Å². The van der Waals surface area contributed by atoms with Gasteiger partial charge in [0.15, 0.2) is 17.5 Å². The van der Waals surface area contributed by atoms with E-state index < -0.39 is 0 Å². The lowest BCUT2D eigenvalue weighted by Gasteiger charge is -2.12. The van der Waals surface area contributed by atoms with Gasteiger partial charge in [0.2, 0.25) is 0 Å². The molecule has 0 aliphatic heterocycles. The highest BCUT2D eigenvalue weighted by Gasteiger charge is 2.24. The highest BCUT2D eigenvalue weighted by Crippen LogP contribution is 2.49. The third-order valence-corrected chi connectivity index (χ3v) is 9.30. The zero-order chi connectivity index (χ0) is 30.9. The minimum absolute atomic E-state index is 0.610. The van der Waals surface area contributed by atoms with Gasteiger partial charge in [-0.3, -0.25) is 0 Å². The van der Waals surface area contributed by atoms with E-state index in [0.29, 0.717) is 17.5 Å². The van der Waals surface area contributed by atoms with Crippen LogP contribution < -0.4 is 0 Å². The molecule has 4 nitrogen and oxygen atoms in total. The summed E-state index contributed by atoms with van der Waals surface area (Å²) < 4.78 is 6.26. The van der Waals surface area contributed by atoms with Crippen molar-refractivity contribution in [2.75, 3.05) is 0 Å². The fourth-order valence-corrected chi connectivity index (χ4v) is 7.18. The molecule has 218 valence electrons. The largest absolute Gasteiger partial charge is 0.456 e. The summed E-state index contributed by atoms with van der Waals surface area (Å²) in [6, 6.07) is 52.6. The zero-order valence-electron chi connectivity index (χ0n) is 25.2. The standard InChI is InChI=1S/C43H25N3O/c1-2-11-26(12-3-1)27-13-8-14-28(25-27)41-44-42(34-24-23-33-30-16-5-4-15-29(30)31-18-9-19-32(34)39(31)33)46-43(45-41)36-20-10-22-38-40(36)35-17-6-7-21-37(35)47-38/h1-25H. The molecule has 0 N–H and O–H groups in total. The van der Waals surface area contributed by atoms with Gasteiger partial charge in [-0.2, -0.15) is 0 Å². The number of aromatic nitrogens is 3. The second-order valence-corrected chi connectivity index (χ2v) is 12.0. The van der Waals surface area contributed by atoms with Crippen LogP contribution in [0.1, 0.15) is 0 Å². The number of para-hydroxylation sites is 1. The first-order valence-electron chi connectivity index (χ1n) is 15.8. The monoisotopic (exact) mass is 599 g/mol. The van der Waals surface area contributed by atoms with E-state index in [1.54, 1.807) is 0 Å². The van der Waals surface area contributed by atoms with Crippen molar-refractivity contribution in [1.29, 1.82) is 0 Å². The molecule has 0 fully saturated rings. The Morgan fingerprint density at radius 2 is 0.872 bits per heavy atom. The molecule has 0 radical (unpaired) electrons. The molecule has 1 aliphatic carbocycles. The van der Waals surface area contributed by atoms with E-state index >= 15 is 0 Å². The van der Waals surface area contributed by atoms with Crippen LogP contribution in [0, 0.1) is 0 Å². The lowest BCUT2D eigenvalue weighted by atomic mass is 9.98. The van der Waals surface area contributed by atoms with Crippen molar-refractivity contribution in [3.8, 4) is 67.5 Å². The van der Waals surface area contributed by atoms with Crippen LogP contribution in [0.15, 0.2) is 156 Å². The van der Waals surface area contributed by atoms with Crippen molar-refractivity contribution in [1.82, 2.24) is 15.0 Å². The van der Waals surface area contributed by atoms with Gasteiger partial charge < -0.3 is 4.42 Å². The van der Waals surface area contributed by atoms with Crippen LogP contribution in [0.25, 0.3) is 100 Å². The lowest BCUT2D eigenvalue weighted by Crippen LogP contribution is -2.01.